The lowest BCUT2D eigenvalue weighted by Gasteiger charge is -2.21. The van der Waals surface area contributed by atoms with Gasteiger partial charge in [-0.2, -0.15) is 0 Å². The molecule has 0 rings (SSSR count). The van der Waals surface area contributed by atoms with Crippen molar-refractivity contribution in [3.63, 3.8) is 0 Å². The molecule has 6 nitrogen and oxygen atoms in total. The monoisotopic (exact) mass is 274 g/mol. The van der Waals surface area contributed by atoms with Crippen molar-refractivity contribution in [2.45, 2.75) is 19.4 Å². The first-order valence-electron chi connectivity index (χ1n) is 5.37. The Morgan fingerprint density at radius 3 is 2.61 bits per heavy atom. The van der Waals surface area contributed by atoms with E-state index in [2.05, 4.69) is 11.2 Å². The third-order valence-electron chi connectivity index (χ3n) is 2.10. The molecule has 2 amide bonds. The number of rotatable bonds is 7. The number of hydrogen-bond donors (Lipinski definition) is 2. The van der Waals surface area contributed by atoms with Gasteiger partial charge in [0.25, 0.3) is 0 Å². The van der Waals surface area contributed by atoms with Crippen LogP contribution >= 0.6 is 0 Å². The number of urea groups is 1. The van der Waals surface area contributed by atoms with E-state index in [-0.39, 0.29) is 12.6 Å². The number of carbonyl (C=O) groups is 2. The van der Waals surface area contributed by atoms with Gasteiger partial charge in [-0.05, 0) is 13.3 Å². The third kappa shape index (κ3) is 7.68. The molecule has 18 heavy (non-hydrogen) atoms. The summed E-state index contributed by atoms with van der Waals surface area (Å²) < 4.78 is 10.9. The van der Waals surface area contributed by atoms with E-state index in [9.17, 15) is 13.8 Å². The van der Waals surface area contributed by atoms with Crippen molar-refractivity contribution in [1.29, 1.82) is 0 Å². The number of aliphatic carboxylic acids is 1. The molecule has 0 aromatic carbocycles. The molecule has 0 fully saturated rings. The number of amides is 2. The van der Waals surface area contributed by atoms with Crippen molar-refractivity contribution in [3.8, 4) is 12.3 Å². The number of carboxylic acid groups (broad SMARTS) is 1. The van der Waals surface area contributed by atoms with E-state index in [4.69, 9.17) is 11.5 Å². The number of nitrogens with zero attached hydrogens (tertiary/aromatic N) is 1. The molecule has 0 heterocycles. The van der Waals surface area contributed by atoms with Gasteiger partial charge in [-0.3, -0.25) is 9.00 Å². The Hall–Kier alpha value is -1.55. The van der Waals surface area contributed by atoms with Crippen LogP contribution in [0.25, 0.3) is 0 Å². The first kappa shape index (κ1) is 16.4. The maximum atomic E-state index is 11.7. The lowest BCUT2D eigenvalue weighted by atomic mass is 10.3. The van der Waals surface area contributed by atoms with Crippen molar-refractivity contribution in [2.24, 2.45) is 0 Å². The summed E-state index contributed by atoms with van der Waals surface area (Å²) in [6.07, 6.45) is 7.22. The topological polar surface area (TPSA) is 86.7 Å². The fourth-order valence-electron chi connectivity index (χ4n) is 1.19. The van der Waals surface area contributed by atoms with Gasteiger partial charge in [0.2, 0.25) is 0 Å². The van der Waals surface area contributed by atoms with E-state index >= 15 is 0 Å². The number of carbonyl (C=O) groups excluding carboxylic acids is 1. The van der Waals surface area contributed by atoms with E-state index in [1.807, 2.05) is 0 Å². The molecule has 0 saturated carbocycles. The van der Waals surface area contributed by atoms with Gasteiger partial charge < -0.3 is 15.3 Å². The van der Waals surface area contributed by atoms with Crippen molar-refractivity contribution < 1.29 is 18.9 Å². The second kappa shape index (κ2) is 8.53. The van der Waals surface area contributed by atoms with Crippen LogP contribution in [0.3, 0.4) is 0 Å². The minimum atomic E-state index is -1.12. The predicted molar refractivity (Wildman–Crippen MR) is 69.6 cm³/mol. The lowest BCUT2D eigenvalue weighted by molar-refractivity contribution is -0.137. The maximum absolute atomic E-state index is 11.7. The van der Waals surface area contributed by atoms with Crippen LogP contribution in [0.5, 0.6) is 0 Å². The van der Waals surface area contributed by atoms with Crippen molar-refractivity contribution in [3.05, 3.63) is 0 Å². The highest BCUT2D eigenvalue weighted by molar-refractivity contribution is 7.84. The Balaban J connectivity index is 4.28. The highest BCUT2D eigenvalue weighted by Gasteiger charge is 2.17. The highest BCUT2D eigenvalue weighted by atomic mass is 32.2. The summed E-state index contributed by atoms with van der Waals surface area (Å²) in [7, 11) is -0.916. The highest BCUT2D eigenvalue weighted by Crippen LogP contribution is 1.96. The predicted octanol–water partition coefficient (Wildman–Crippen LogP) is -0.127. The normalized spacial score (nSPS) is 13.2. The maximum Gasteiger partial charge on any atom is 0.323 e. The van der Waals surface area contributed by atoms with Crippen LogP contribution < -0.4 is 5.32 Å². The minimum absolute atomic E-state index is 0.0649. The molecule has 102 valence electrons. The Morgan fingerprint density at radius 1 is 1.56 bits per heavy atom. The SMILES string of the molecule is C#CCN(CC(=O)O)C(=O)NC(C)CCS(C)=O. The minimum Gasteiger partial charge on any atom is -0.480 e. The summed E-state index contributed by atoms with van der Waals surface area (Å²) in [6, 6.07) is -0.708. The molecule has 0 aliphatic heterocycles. The van der Waals surface area contributed by atoms with E-state index in [0.717, 1.165) is 4.90 Å². The molecule has 0 aliphatic carbocycles. The Labute approximate surface area is 109 Å². The first-order valence-corrected chi connectivity index (χ1v) is 7.10. The van der Waals surface area contributed by atoms with Crippen LogP contribution in [-0.2, 0) is 15.6 Å². The molecular weight excluding hydrogens is 256 g/mol. The average molecular weight is 274 g/mol. The van der Waals surface area contributed by atoms with Gasteiger partial charge in [-0.15, -0.1) is 6.42 Å². The standard InChI is InChI=1S/C11H18N2O4S/c1-4-6-13(8-10(14)15)11(16)12-9(2)5-7-18(3)17/h1,9H,5-8H2,2-3H3,(H,12,16)(H,14,15). The van der Waals surface area contributed by atoms with E-state index in [0.29, 0.717) is 12.2 Å². The van der Waals surface area contributed by atoms with Crippen LogP contribution in [0.4, 0.5) is 4.79 Å². The number of nitrogens with one attached hydrogen (secondary N) is 1. The van der Waals surface area contributed by atoms with Crippen LogP contribution in [-0.4, -0.2) is 57.4 Å². The average Bonchev–Trinajstić information content (AvgIpc) is 2.25. The van der Waals surface area contributed by atoms with Crippen molar-refractivity contribution in [1.82, 2.24) is 10.2 Å². The summed E-state index contributed by atoms with van der Waals surface area (Å²) >= 11 is 0. The number of terminal acetylenes is 1. The van der Waals surface area contributed by atoms with Gasteiger partial charge in [0.1, 0.15) is 6.54 Å². The summed E-state index contributed by atoms with van der Waals surface area (Å²) in [5, 5.41) is 11.3. The lowest BCUT2D eigenvalue weighted by Crippen LogP contribution is -2.46. The summed E-state index contributed by atoms with van der Waals surface area (Å²) in [5.41, 5.74) is 0. The Bertz CT molecular complexity index is 365. The number of hydrogen-bond acceptors (Lipinski definition) is 3. The van der Waals surface area contributed by atoms with Crippen LogP contribution in [0.15, 0.2) is 0 Å². The first-order chi connectivity index (χ1) is 8.36. The molecule has 0 aromatic rings. The van der Waals surface area contributed by atoms with E-state index in [1.165, 1.54) is 0 Å². The zero-order chi connectivity index (χ0) is 14.1. The smallest absolute Gasteiger partial charge is 0.323 e. The second-order valence-corrected chi connectivity index (χ2v) is 5.43. The van der Waals surface area contributed by atoms with Crippen molar-refractivity contribution in [2.75, 3.05) is 25.1 Å². The van der Waals surface area contributed by atoms with Crippen LogP contribution in [0.1, 0.15) is 13.3 Å². The molecule has 0 radical (unpaired) electrons. The molecule has 2 unspecified atom stereocenters. The van der Waals surface area contributed by atoms with Crippen LogP contribution in [0.2, 0.25) is 0 Å². The van der Waals surface area contributed by atoms with E-state index < -0.39 is 29.3 Å². The zero-order valence-electron chi connectivity index (χ0n) is 10.5. The molecule has 2 N–H and O–H groups in total. The molecule has 0 bridgehead atoms. The van der Waals surface area contributed by atoms with Crippen LogP contribution in [0, 0.1) is 12.3 Å². The zero-order valence-corrected chi connectivity index (χ0v) is 11.3. The Morgan fingerprint density at radius 2 is 2.17 bits per heavy atom. The van der Waals surface area contributed by atoms with Gasteiger partial charge in [0.15, 0.2) is 0 Å². The molecular formula is C11H18N2O4S. The molecule has 0 aromatic heterocycles. The molecule has 7 heteroatoms. The largest absolute Gasteiger partial charge is 0.480 e. The molecule has 0 aliphatic rings. The van der Waals surface area contributed by atoms with Crippen molar-refractivity contribution >= 4 is 22.8 Å². The molecule has 0 saturated heterocycles. The summed E-state index contributed by atoms with van der Waals surface area (Å²) in [5.74, 6) is 1.59. The van der Waals surface area contributed by atoms with Gasteiger partial charge in [0, 0.05) is 28.9 Å². The fraction of sp³-hybridized carbons (Fsp3) is 0.636. The second-order valence-electron chi connectivity index (χ2n) is 3.87. The summed E-state index contributed by atoms with van der Waals surface area (Å²) in [4.78, 5) is 23.3. The molecule has 2 atom stereocenters. The van der Waals surface area contributed by atoms with E-state index in [1.54, 1.807) is 13.2 Å². The summed E-state index contributed by atoms with van der Waals surface area (Å²) in [6.45, 7) is 1.26. The van der Waals surface area contributed by atoms with Gasteiger partial charge in [-0.1, -0.05) is 5.92 Å². The third-order valence-corrected chi connectivity index (χ3v) is 2.91. The fourth-order valence-corrected chi connectivity index (χ4v) is 1.88. The van der Waals surface area contributed by atoms with Gasteiger partial charge in [-0.25, -0.2) is 4.79 Å². The Kier molecular flexibility index (Phi) is 7.79. The number of carboxylic acids is 1. The molecule has 0 spiro atoms. The van der Waals surface area contributed by atoms with Gasteiger partial charge in [0.05, 0.1) is 6.54 Å². The van der Waals surface area contributed by atoms with Gasteiger partial charge >= 0.3 is 12.0 Å². The quantitative estimate of drug-likeness (QED) is 0.633.